The second-order valence-electron chi connectivity index (χ2n) is 3.32. The van der Waals surface area contributed by atoms with Gasteiger partial charge in [-0.2, -0.15) is 0 Å². The predicted octanol–water partition coefficient (Wildman–Crippen LogP) is 0.609. The van der Waals surface area contributed by atoms with Crippen LogP contribution in [0.4, 0.5) is 0 Å². The average molecular weight is 184 g/mol. The van der Waals surface area contributed by atoms with Crippen molar-refractivity contribution in [3.8, 4) is 11.5 Å². The second kappa shape index (κ2) is 4.07. The van der Waals surface area contributed by atoms with E-state index >= 15 is 0 Å². The first-order chi connectivity index (χ1) is 5.37. The molecule has 3 nitrogen and oxygen atoms in total. The molecule has 0 aliphatic heterocycles. The summed E-state index contributed by atoms with van der Waals surface area (Å²) in [6.45, 7) is 5.97. The minimum atomic E-state index is -1.57. The Morgan fingerprint density at radius 3 is 2.08 bits per heavy atom. The summed E-state index contributed by atoms with van der Waals surface area (Å²) in [7, 11) is -0.405. The fraction of sp³-hybridized carbons (Fsp3) is 0.500. The highest BCUT2D eigenvalue weighted by molar-refractivity contribution is 6.84. The number of methoxy groups -OCH3 is 1. The third kappa shape index (κ3) is 4.69. The lowest BCUT2D eigenvalue weighted by Gasteiger charge is -2.02. The molecule has 0 atom stereocenters. The maximum atomic E-state index is 10.8. The highest BCUT2D eigenvalue weighted by Crippen LogP contribution is 1.95. The maximum absolute atomic E-state index is 10.8. The molecule has 0 N–H and O–H groups in total. The normalized spacial score (nSPS) is 9.67. The summed E-state index contributed by atoms with van der Waals surface area (Å²) in [5, 5.41) is 0. The lowest BCUT2D eigenvalue weighted by molar-refractivity contribution is -0.149. The van der Waals surface area contributed by atoms with E-state index in [1.165, 1.54) is 0 Å². The average Bonchev–Trinajstić information content (AvgIpc) is 1.97. The fourth-order valence-electron chi connectivity index (χ4n) is 0.388. The molecule has 0 saturated carbocycles. The second-order valence-corrected chi connectivity index (χ2v) is 8.07. The Morgan fingerprint density at radius 1 is 1.25 bits per heavy atom. The van der Waals surface area contributed by atoms with Crippen LogP contribution in [0.15, 0.2) is 0 Å². The molecule has 0 aromatic rings. The predicted molar refractivity (Wildman–Crippen MR) is 48.1 cm³/mol. The van der Waals surface area contributed by atoms with E-state index in [1.807, 2.05) is 19.6 Å². The molecule has 0 aromatic heterocycles. The standard InChI is InChI=1S/C8H12O3Si/c1-11-8(10)7(9)5-6-12(2,3)4/h1-4H3. The highest BCUT2D eigenvalue weighted by atomic mass is 28.3. The van der Waals surface area contributed by atoms with Gasteiger partial charge in [-0.1, -0.05) is 19.6 Å². The van der Waals surface area contributed by atoms with Crippen LogP contribution in [0.1, 0.15) is 0 Å². The summed E-state index contributed by atoms with van der Waals surface area (Å²) in [6.07, 6.45) is 0. The summed E-state index contributed by atoms with van der Waals surface area (Å²) in [5.74, 6) is 0.619. The third-order valence-electron chi connectivity index (χ3n) is 0.922. The van der Waals surface area contributed by atoms with Crippen LogP contribution in [0.3, 0.4) is 0 Å². The largest absolute Gasteiger partial charge is 0.463 e. The quantitative estimate of drug-likeness (QED) is 0.259. The number of ether oxygens (including phenoxy) is 1. The van der Waals surface area contributed by atoms with Crippen LogP contribution in [0.25, 0.3) is 0 Å². The topological polar surface area (TPSA) is 43.4 Å². The molecule has 0 aliphatic rings. The van der Waals surface area contributed by atoms with Crippen LogP contribution in [-0.4, -0.2) is 26.9 Å². The Morgan fingerprint density at radius 2 is 1.75 bits per heavy atom. The van der Waals surface area contributed by atoms with Crippen molar-refractivity contribution in [2.24, 2.45) is 0 Å². The Balaban J connectivity index is 4.34. The molecule has 12 heavy (non-hydrogen) atoms. The maximum Gasteiger partial charge on any atom is 0.387 e. The number of ketones is 1. The van der Waals surface area contributed by atoms with Gasteiger partial charge in [0.25, 0.3) is 0 Å². The molecule has 0 heterocycles. The van der Waals surface area contributed by atoms with Crippen molar-refractivity contribution in [2.45, 2.75) is 19.6 Å². The van der Waals surface area contributed by atoms with E-state index in [1.54, 1.807) is 0 Å². The number of esters is 1. The Labute approximate surface area is 73.1 Å². The zero-order chi connectivity index (χ0) is 9.78. The van der Waals surface area contributed by atoms with Gasteiger partial charge < -0.3 is 4.74 Å². The van der Waals surface area contributed by atoms with Crippen molar-refractivity contribution in [1.82, 2.24) is 0 Å². The number of hydrogen-bond acceptors (Lipinski definition) is 3. The lowest BCUT2D eigenvalue weighted by Crippen LogP contribution is -2.19. The highest BCUT2D eigenvalue weighted by Gasteiger charge is 2.12. The molecule has 0 rings (SSSR count). The molecular weight excluding hydrogens is 172 g/mol. The van der Waals surface area contributed by atoms with E-state index in [-0.39, 0.29) is 0 Å². The zero-order valence-corrected chi connectivity index (χ0v) is 8.72. The van der Waals surface area contributed by atoms with Crippen LogP contribution in [0.5, 0.6) is 0 Å². The first kappa shape index (κ1) is 10.9. The number of Topliss-reactive ketones (excluding diaryl/α,β-unsaturated/α-hetero) is 1. The summed E-state index contributed by atoms with van der Waals surface area (Å²) < 4.78 is 4.20. The van der Waals surface area contributed by atoms with Gasteiger partial charge in [0.05, 0.1) is 7.11 Å². The van der Waals surface area contributed by atoms with Crippen molar-refractivity contribution >= 4 is 19.8 Å². The monoisotopic (exact) mass is 184 g/mol. The van der Waals surface area contributed by atoms with E-state index in [2.05, 4.69) is 16.2 Å². The molecule has 0 bridgehead atoms. The molecule has 0 fully saturated rings. The summed E-state index contributed by atoms with van der Waals surface area (Å²) >= 11 is 0. The molecule has 0 radical (unpaired) electrons. The van der Waals surface area contributed by atoms with E-state index < -0.39 is 19.8 Å². The smallest absolute Gasteiger partial charge is 0.387 e. The minimum absolute atomic E-state index is 0.764. The first-order valence-corrected chi connectivity index (χ1v) is 7.02. The van der Waals surface area contributed by atoms with Crippen LogP contribution in [-0.2, 0) is 14.3 Å². The van der Waals surface area contributed by atoms with Crippen molar-refractivity contribution in [3.05, 3.63) is 0 Å². The van der Waals surface area contributed by atoms with Gasteiger partial charge in [-0.05, 0) is 5.92 Å². The molecule has 66 valence electrons. The molecule has 0 amide bonds. The minimum Gasteiger partial charge on any atom is -0.463 e. The van der Waals surface area contributed by atoms with Gasteiger partial charge in [-0.3, -0.25) is 4.79 Å². The van der Waals surface area contributed by atoms with Crippen molar-refractivity contribution in [3.63, 3.8) is 0 Å². The van der Waals surface area contributed by atoms with Gasteiger partial charge in [0.15, 0.2) is 0 Å². The van der Waals surface area contributed by atoms with E-state index in [4.69, 9.17) is 0 Å². The van der Waals surface area contributed by atoms with E-state index in [9.17, 15) is 9.59 Å². The number of rotatable bonds is 1. The van der Waals surface area contributed by atoms with Gasteiger partial charge >= 0.3 is 11.8 Å². The fourth-order valence-corrected chi connectivity index (χ4v) is 0.877. The molecule has 0 aromatic carbocycles. The van der Waals surface area contributed by atoms with E-state index in [0.717, 1.165) is 7.11 Å². The number of hydrogen-bond donors (Lipinski definition) is 0. The summed E-state index contributed by atoms with van der Waals surface area (Å²) in [6, 6.07) is 0. The van der Waals surface area contributed by atoms with Gasteiger partial charge in [-0.15, -0.1) is 5.54 Å². The molecule has 0 spiro atoms. The molecule has 0 unspecified atom stereocenters. The summed E-state index contributed by atoms with van der Waals surface area (Å²) in [5.41, 5.74) is 2.78. The molecule has 4 heteroatoms. The Bertz CT molecular complexity index is 252. The summed E-state index contributed by atoms with van der Waals surface area (Å²) in [4.78, 5) is 21.4. The number of carbonyl (C=O) groups is 2. The van der Waals surface area contributed by atoms with Gasteiger partial charge in [0, 0.05) is 0 Å². The Kier molecular flexibility index (Phi) is 3.70. The van der Waals surface area contributed by atoms with E-state index in [0.29, 0.717) is 0 Å². The first-order valence-electron chi connectivity index (χ1n) is 3.52. The van der Waals surface area contributed by atoms with Crippen LogP contribution >= 0.6 is 0 Å². The van der Waals surface area contributed by atoms with Crippen molar-refractivity contribution < 1.29 is 14.3 Å². The third-order valence-corrected chi connectivity index (χ3v) is 1.80. The zero-order valence-electron chi connectivity index (χ0n) is 7.72. The van der Waals surface area contributed by atoms with Crippen LogP contribution in [0.2, 0.25) is 19.6 Å². The van der Waals surface area contributed by atoms with Crippen molar-refractivity contribution in [1.29, 1.82) is 0 Å². The Hall–Kier alpha value is -1.08. The van der Waals surface area contributed by atoms with Crippen molar-refractivity contribution in [2.75, 3.05) is 7.11 Å². The van der Waals surface area contributed by atoms with Gasteiger partial charge in [-0.25, -0.2) is 4.79 Å². The molecular formula is C8H12O3Si. The van der Waals surface area contributed by atoms with Gasteiger partial charge in [0.1, 0.15) is 8.07 Å². The number of carbonyl (C=O) groups excluding carboxylic acids is 2. The lowest BCUT2D eigenvalue weighted by atomic mass is 10.4. The SMILES string of the molecule is COC(=O)C(=O)C#C[Si](C)(C)C. The molecule has 0 aliphatic carbocycles. The van der Waals surface area contributed by atoms with Crippen LogP contribution in [0, 0.1) is 11.5 Å². The molecule has 0 saturated heterocycles. The van der Waals surface area contributed by atoms with Crippen LogP contribution < -0.4 is 0 Å². The van der Waals surface area contributed by atoms with Gasteiger partial charge in [0.2, 0.25) is 0 Å².